The van der Waals surface area contributed by atoms with E-state index in [0.29, 0.717) is 11.0 Å². The smallest absolute Gasteiger partial charge is 0.125 e. The number of piperidine rings is 1. The van der Waals surface area contributed by atoms with Gasteiger partial charge in [0.2, 0.25) is 0 Å². The van der Waals surface area contributed by atoms with Crippen molar-refractivity contribution in [1.82, 2.24) is 19.8 Å². The lowest BCUT2D eigenvalue weighted by molar-refractivity contribution is 0.111. The Balaban J connectivity index is 0.000000200. The Morgan fingerprint density at radius 2 is 1.35 bits per heavy atom. The second-order valence-corrected chi connectivity index (χ2v) is 14.9. The summed E-state index contributed by atoms with van der Waals surface area (Å²) in [5, 5.41) is 0. The van der Waals surface area contributed by atoms with Crippen LogP contribution in [0, 0.1) is 24.2 Å². The van der Waals surface area contributed by atoms with Crippen molar-refractivity contribution in [2.45, 2.75) is 152 Å². The first-order chi connectivity index (χ1) is 17.1. The fourth-order valence-corrected chi connectivity index (χ4v) is 5.99. The summed E-state index contributed by atoms with van der Waals surface area (Å²) in [5.41, 5.74) is 3.73. The van der Waals surface area contributed by atoms with E-state index in [1.165, 1.54) is 75.7 Å². The van der Waals surface area contributed by atoms with Crippen molar-refractivity contribution < 1.29 is 0 Å². The number of nitrogens with zero attached hydrogens (tertiary/aromatic N) is 4. The molecule has 1 aromatic heterocycles. The lowest BCUT2D eigenvalue weighted by Gasteiger charge is -2.38. The highest BCUT2D eigenvalue weighted by molar-refractivity contribution is 5.20. The van der Waals surface area contributed by atoms with Crippen LogP contribution >= 0.6 is 0 Å². The molecule has 0 N–H and O–H groups in total. The van der Waals surface area contributed by atoms with Crippen LogP contribution in [0.15, 0.2) is 6.20 Å². The third-order valence-electron chi connectivity index (χ3n) is 8.96. The molecular weight excluding hydrogens is 452 g/mol. The van der Waals surface area contributed by atoms with Gasteiger partial charge < -0.3 is 0 Å². The van der Waals surface area contributed by atoms with Crippen molar-refractivity contribution in [3.8, 4) is 0 Å². The van der Waals surface area contributed by atoms with Gasteiger partial charge in [0.1, 0.15) is 5.82 Å². The lowest BCUT2D eigenvalue weighted by Crippen LogP contribution is -2.44. The van der Waals surface area contributed by atoms with E-state index >= 15 is 0 Å². The normalized spacial score (nSPS) is 23.8. The molecule has 1 saturated carbocycles. The van der Waals surface area contributed by atoms with Crippen LogP contribution in [0.4, 0.5) is 0 Å². The van der Waals surface area contributed by atoms with Crippen LogP contribution in [-0.4, -0.2) is 50.5 Å². The van der Waals surface area contributed by atoms with Gasteiger partial charge in [-0.3, -0.25) is 9.80 Å². The van der Waals surface area contributed by atoms with Crippen molar-refractivity contribution in [1.29, 1.82) is 0 Å². The highest BCUT2D eigenvalue weighted by Crippen LogP contribution is 2.40. The number of aromatic nitrogens is 2. The van der Waals surface area contributed by atoms with Crippen molar-refractivity contribution in [2.75, 3.05) is 19.6 Å². The van der Waals surface area contributed by atoms with Crippen molar-refractivity contribution in [3.63, 3.8) is 0 Å². The van der Waals surface area contributed by atoms with Gasteiger partial charge >= 0.3 is 0 Å². The summed E-state index contributed by atoms with van der Waals surface area (Å²) in [6, 6.07) is 0. The summed E-state index contributed by atoms with van der Waals surface area (Å²) in [6.45, 7) is 29.9. The van der Waals surface area contributed by atoms with E-state index < -0.39 is 0 Å². The van der Waals surface area contributed by atoms with Gasteiger partial charge in [0.25, 0.3) is 0 Å². The molecule has 2 fully saturated rings. The van der Waals surface area contributed by atoms with Crippen LogP contribution in [0.25, 0.3) is 0 Å². The zero-order chi connectivity index (χ0) is 27.9. The summed E-state index contributed by atoms with van der Waals surface area (Å²) < 4.78 is 0. The number of likely N-dealkylation sites (tertiary alicyclic amines) is 1. The van der Waals surface area contributed by atoms with E-state index in [1.807, 2.05) is 13.1 Å². The summed E-state index contributed by atoms with van der Waals surface area (Å²) in [7, 11) is 0. The van der Waals surface area contributed by atoms with Gasteiger partial charge in [-0.15, -0.1) is 0 Å². The highest BCUT2D eigenvalue weighted by Gasteiger charge is 2.29. The van der Waals surface area contributed by atoms with E-state index in [2.05, 4.69) is 89.0 Å². The molecule has 0 spiro atoms. The van der Waals surface area contributed by atoms with Crippen LogP contribution < -0.4 is 0 Å². The molecule has 0 unspecified atom stereocenters. The maximum atomic E-state index is 4.49. The minimum Gasteiger partial charge on any atom is -0.298 e. The van der Waals surface area contributed by atoms with Gasteiger partial charge in [-0.1, -0.05) is 53.4 Å². The maximum Gasteiger partial charge on any atom is 0.125 e. The molecule has 3 heterocycles. The van der Waals surface area contributed by atoms with Crippen molar-refractivity contribution >= 4 is 0 Å². The Kier molecular flexibility index (Phi) is 12.1. The number of rotatable bonds is 1. The van der Waals surface area contributed by atoms with E-state index in [4.69, 9.17) is 0 Å². The molecule has 1 aromatic rings. The Bertz CT molecular complexity index is 782. The first kappa shape index (κ1) is 32.2. The van der Waals surface area contributed by atoms with Crippen molar-refractivity contribution in [2.24, 2.45) is 17.3 Å². The van der Waals surface area contributed by atoms with Crippen LogP contribution in [0.2, 0.25) is 0 Å². The monoisotopic (exact) mass is 514 g/mol. The zero-order valence-electron chi connectivity index (χ0n) is 26.7. The molecule has 0 bridgehead atoms. The Morgan fingerprint density at radius 1 is 0.784 bits per heavy atom. The van der Waals surface area contributed by atoms with Gasteiger partial charge in [0.05, 0.1) is 0 Å². The standard InChI is InChI=1S/C12H19N3.C12H24.C9H19N/c1-9-13-7-10-8-15(12(2,3)4)6-5-11(10)14-9;1-5-10-6-8-11(9-7-10)12(2,3)4;1-9(2,3)10-7-5-4-6-8-10/h7H,5-6,8H2,1-4H3;10-11H,5-9H2,1-4H3;4-8H2,1-3H3. The number of fused-ring (bicyclic) bond motifs is 1. The molecule has 4 rings (SSSR count). The van der Waals surface area contributed by atoms with Crippen LogP contribution in [0.5, 0.6) is 0 Å². The number of hydrogen-bond donors (Lipinski definition) is 0. The van der Waals surface area contributed by atoms with E-state index in [-0.39, 0.29) is 5.54 Å². The topological polar surface area (TPSA) is 32.3 Å². The van der Waals surface area contributed by atoms with E-state index in [1.54, 1.807) is 0 Å². The molecular formula is C33H62N4. The molecule has 0 atom stereocenters. The lowest BCUT2D eigenvalue weighted by atomic mass is 9.69. The first-order valence-corrected chi connectivity index (χ1v) is 15.4. The minimum absolute atomic E-state index is 0.239. The number of hydrogen-bond acceptors (Lipinski definition) is 4. The second kappa shape index (κ2) is 13.9. The SMILES string of the molecule is CC(C)(C)N1CCCCC1.CCC1CCC(C(C)(C)C)CC1.Cc1ncc2c(n1)CCN(C(C)(C)C)C2. The van der Waals surface area contributed by atoms with Crippen LogP contribution in [0.1, 0.15) is 138 Å². The molecule has 2 aliphatic heterocycles. The molecule has 1 aliphatic carbocycles. The van der Waals surface area contributed by atoms with E-state index in [9.17, 15) is 0 Å². The van der Waals surface area contributed by atoms with Gasteiger partial charge in [0.15, 0.2) is 0 Å². The van der Waals surface area contributed by atoms with Gasteiger partial charge in [0, 0.05) is 48.0 Å². The molecule has 3 aliphatic rings. The quantitative estimate of drug-likeness (QED) is 0.376. The molecule has 37 heavy (non-hydrogen) atoms. The maximum absolute atomic E-state index is 4.49. The Morgan fingerprint density at radius 3 is 1.81 bits per heavy atom. The minimum atomic E-state index is 0.239. The van der Waals surface area contributed by atoms with Gasteiger partial charge in [-0.25, -0.2) is 9.97 Å². The molecule has 0 radical (unpaired) electrons. The van der Waals surface area contributed by atoms with E-state index in [0.717, 1.165) is 37.2 Å². The predicted octanol–water partition coefficient (Wildman–Crippen LogP) is 8.46. The summed E-state index contributed by atoms with van der Waals surface area (Å²) in [4.78, 5) is 13.8. The average Bonchev–Trinajstić information content (AvgIpc) is 2.83. The first-order valence-electron chi connectivity index (χ1n) is 15.4. The van der Waals surface area contributed by atoms with Crippen LogP contribution in [0.3, 0.4) is 0 Å². The fourth-order valence-electron chi connectivity index (χ4n) is 5.99. The largest absolute Gasteiger partial charge is 0.298 e. The van der Waals surface area contributed by atoms with Gasteiger partial charge in [-0.2, -0.15) is 0 Å². The highest BCUT2D eigenvalue weighted by atomic mass is 15.2. The summed E-state index contributed by atoms with van der Waals surface area (Å²) in [6.07, 6.45) is 14.6. The average molecular weight is 515 g/mol. The third kappa shape index (κ3) is 10.9. The second-order valence-electron chi connectivity index (χ2n) is 14.9. The molecule has 0 aromatic carbocycles. The Labute approximate surface area is 231 Å². The summed E-state index contributed by atoms with van der Waals surface area (Å²) >= 11 is 0. The molecule has 4 nitrogen and oxygen atoms in total. The third-order valence-corrected chi connectivity index (χ3v) is 8.96. The fraction of sp³-hybridized carbons (Fsp3) is 0.879. The number of aryl methyl sites for hydroxylation is 1. The molecule has 0 amide bonds. The molecule has 1 saturated heterocycles. The Hall–Kier alpha value is -1.00. The van der Waals surface area contributed by atoms with Gasteiger partial charge in [-0.05, 0) is 104 Å². The molecule has 214 valence electrons. The van der Waals surface area contributed by atoms with Crippen LogP contribution in [-0.2, 0) is 13.0 Å². The molecule has 4 heteroatoms. The zero-order valence-corrected chi connectivity index (χ0v) is 26.7. The predicted molar refractivity (Wildman–Crippen MR) is 161 cm³/mol. The van der Waals surface area contributed by atoms with Crippen molar-refractivity contribution in [3.05, 3.63) is 23.3 Å². The summed E-state index contributed by atoms with van der Waals surface area (Å²) in [5.74, 6) is 2.92.